The number of para-hydroxylation sites is 1. The van der Waals surface area contributed by atoms with Gasteiger partial charge in [0.15, 0.2) is 0 Å². The van der Waals surface area contributed by atoms with Crippen LogP contribution in [0.1, 0.15) is 6.42 Å². The molecule has 5 nitrogen and oxygen atoms in total. The van der Waals surface area contributed by atoms with Crippen LogP contribution < -0.4 is 15.0 Å². The maximum absolute atomic E-state index is 5.34. The summed E-state index contributed by atoms with van der Waals surface area (Å²) in [6, 6.07) is 5.95. The van der Waals surface area contributed by atoms with E-state index >= 15 is 0 Å². The van der Waals surface area contributed by atoms with Crippen LogP contribution in [-0.2, 0) is 0 Å². The Hall–Kier alpha value is -1.75. The topological polar surface area (TPSA) is 53.2 Å². The van der Waals surface area contributed by atoms with E-state index in [4.69, 9.17) is 4.74 Å². The summed E-state index contributed by atoms with van der Waals surface area (Å²) < 4.78 is 5.34. The Bertz CT molecular complexity index is 529. The highest BCUT2D eigenvalue weighted by Crippen LogP contribution is 2.26. The molecule has 3 rings (SSSR count). The normalized spacial score (nSPS) is 16.8. The minimum Gasteiger partial charge on any atom is -0.494 e. The van der Waals surface area contributed by atoms with E-state index in [0.29, 0.717) is 0 Å². The molecule has 18 heavy (non-hydrogen) atoms. The van der Waals surface area contributed by atoms with Crippen molar-refractivity contribution in [1.82, 2.24) is 15.3 Å². The molecule has 1 fully saturated rings. The Morgan fingerprint density at radius 3 is 3.11 bits per heavy atom. The minimum atomic E-state index is 0.822. The Labute approximate surface area is 106 Å². The predicted molar refractivity (Wildman–Crippen MR) is 72.3 cm³/mol. The fourth-order valence-electron chi connectivity index (χ4n) is 2.36. The molecule has 2 heterocycles. The number of methoxy groups -OCH3 is 1. The van der Waals surface area contributed by atoms with Crippen molar-refractivity contribution in [2.45, 2.75) is 6.42 Å². The van der Waals surface area contributed by atoms with Crippen LogP contribution in [0, 0.1) is 0 Å². The molecule has 0 radical (unpaired) electrons. The van der Waals surface area contributed by atoms with Crippen LogP contribution in [0.15, 0.2) is 18.2 Å². The Balaban J connectivity index is 1.96. The molecule has 0 aliphatic carbocycles. The average Bonchev–Trinajstić information content (AvgIpc) is 2.65. The highest BCUT2D eigenvalue weighted by Gasteiger charge is 2.14. The lowest BCUT2D eigenvalue weighted by molar-refractivity contribution is 0.419. The number of rotatable bonds is 2. The smallest absolute Gasteiger partial charge is 0.204 e. The third-order valence-electron chi connectivity index (χ3n) is 3.32. The van der Waals surface area contributed by atoms with E-state index in [1.165, 1.54) is 0 Å². The van der Waals surface area contributed by atoms with Gasteiger partial charge in [-0.25, -0.2) is 4.98 Å². The third kappa shape index (κ3) is 2.01. The van der Waals surface area contributed by atoms with Crippen molar-refractivity contribution in [3.63, 3.8) is 0 Å². The number of aromatic amines is 1. The summed E-state index contributed by atoms with van der Waals surface area (Å²) >= 11 is 0. The van der Waals surface area contributed by atoms with Crippen molar-refractivity contribution in [2.24, 2.45) is 0 Å². The molecule has 1 saturated heterocycles. The first-order valence-corrected chi connectivity index (χ1v) is 6.37. The van der Waals surface area contributed by atoms with Gasteiger partial charge in [0.05, 0.1) is 12.6 Å². The summed E-state index contributed by atoms with van der Waals surface area (Å²) in [5.41, 5.74) is 1.94. The zero-order valence-electron chi connectivity index (χ0n) is 10.6. The van der Waals surface area contributed by atoms with Crippen molar-refractivity contribution < 1.29 is 4.74 Å². The highest BCUT2D eigenvalue weighted by molar-refractivity contribution is 5.83. The first kappa shape index (κ1) is 11.3. The summed E-state index contributed by atoms with van der Waals surface area (Å²) in [5.74, 6) is 1.76. The molecular weight excluding hydrogens is 228 g/mol. The van der Waals surface area contributed by atoms with E-state index in [1.807, 2.05) is 18.2 Å². The largest absolute Gasteiger partial charge is 0.494 e. The van der Waals surface area contributed by atoms with E-state index in [1.54, 1.807) is 7.11 Å². The average molecular weight is 246 g/mol. The number of aromatic nitrogens is 2. The number of benzene rings is 1. The number of anilines is 1. The number of imidazole rings is 1. The van der Waals surface area contributed by atoms with Crippen LogP contribution in [0.5, 0.6) is 5.75 Å². The fraction of sp³-hybridized carbons (Fsp3) is 0.462. The van der Waals surface area contributed by atoms with Crippen LogP contribution in [-0.4, -0.2) is 43.3 Å². The quantitative estimate of drug-likeness (QED) is 0.840. The second-order valence-corrected chi connectivity index (χ2v) is 4.51. The van der Waals surface area contributed by atoms with Gasteiger partial charge in [0.2, 0.25) is 5.95 Å². The van der Waals surface area contributed by atoms with Crippen molar-refractivity contribution in [3.8, 4) is 5.75 Å². The van der Waals surface area contributed by atoms with Gasteiger partial charge >= 0.3 is 0 Å². The first-order chi connectivity index (χ1) is 8.88. The van der Waals surface area contributed by atoms with Gasteiger partial charge in [0.25, 0.3) is 0 Å². The van der Waals surface area contributed by atoms with Crippen molar-refractivity contribution in [1.29, 1.82) is 0 Å². The maximum atomic E-state index is 5.34. The van der Waals surface area contributed by atoms with Crippen molar-refractivity contribution in [3.05, 3.63) is 18.2 Å². The van der Waals surface area contributed by atoms with Crippen LogP contribution in [0.3, 0.4) is 0 Å². The van der Waals surface area contributed by atoms with Crippen LogP contribution in [0.4, 0.5) is 5.95 Å². The molecule has 2 aromatic rings. The number of H-pyrrole nitrogens is 1. The van der Waals surface area contributed by atoms with Gasteiger partial charge in [0.1, 0.15) is 11.3 Å². The summed E-state index contributed by atoms with van der Waals surface area (Å²) in [4.78, 5) is 10.3. The minimum absolute atomic E-state index is 0.822. The van der Waals surface area contributed by atoms with Gasteiger partial charge in [0, 0.05) is 19.6 Å². The zero-order chi connectivity index (χ0) is 12.4. The molecule has 1 aliphatic heterocycles. The van der Waals surface area contributed by atoms with Crippen LogP contribution in [0.2, 0.25) is 0 Å². The summed E-state index contributed by atoms with van der Waals surface area (Å²) in [6.07, 6.45) is 1.15. The summed E-state index contributed by atoms with van der Waals surface area (Å²) in [5, 5.41) is 3.40. The Kier molecular flexibility index (Phi) is 3.06. The lowest BCUT2D eigenvalue weighted by Gasteiger charge is -2.18. The molecule has 0 spiro atoms. The number of nitrogens with zero attached hydrogens (tertiary/aromatic N) is 2. The van der Waals surface area contributed by atoms with E-state index in [0.717, 1.165) is 55.3 Å². The number of ether oxygens (including phenoxy) is 1. The lowest BCUT2D eigenvalue weighted by atomic mass is 10.3. The molecular formula is C13H18N4O. The van der Waals surface area contributed by atoms with Crippen molar-refractivity contribution in [2.75, 3.05) is 38.2 Å². The van der Waals surface area contributed by atoms with E-state index < -0.39 is 0 Å². The van der Waals surface area contributed by atoms with Gasteiger partial charge in [-0.15, -0.1) is 0 Å². The fourth-order valence-corrected chi connectivity index (χ4v) is 2.36. The van der Waals surface area contributed by atoms with Crippen LogP contribution in [0.25, 0.3) is 11.0 Å². The van der Waals surface area contributed by atoms with E-state index in [-0.39, 0.29) is 0 Å². The number of nitrogens with one attached hydrogen (secondary N) is 2. The Morgan fingerprint density at radius 1 is 1.28 bits per heavy atom. The maximum Gasteiger partial charge on any atom is 0.204 e. The second-order valence-electron chi connectivity index (χ2n) is 4.51. The van der Waals surface area contributed by atoms with Crippen LogP contribution >= 0.6 is 0 Å². The summed E-state index contributed by atoms with van der Waals surface area (Å²) in [6.45, 7) is 4.12. The SMILES string of the molecule is COc1cccc2[nH]c(N3CCCNCC3)nc12. The van der Waals surface area contributed by atoms with Gasteiger partial charge in [-0.05, 0) is 25.1 Å². The van der Waals surface area contributed by atoms with Gasteiger partial charge in [-0.1, -0.05) is 6.07 Å². The molecule has 1 aromatic heterocycles. The molecule has 0 amide bonds. The lowest BCUT2D eigenvalue weighted by Crippen LogP contribution is -2.28. The third-order valence-corrected chi connectivity index (χ3v) is 3.32. The molecule has 1 aliphatic rings. The van der Waals surface area contributed by atoms with Gasteiger partial charge in [-0.3, -0.25) is 0 Å². The standard InChI is InChI=1S/C13H18N4O/c1-18-11-5-2-4-10-12(11)16-13(15-10)17-8-3-6-14-7-9-17/h2,4-5,14H,3,6-9H2,1H3,(H,15,16). The Morgan fingerprint density at radius 2 is 2.22 bits per heavy atom. The molecule has 0 saturated carbocycles. The first-order valence-electron chi connectivity index (χ1n) is 6.37. The van der Waals surface area contributed by atoms with Gasteiger partial charge in [-0.2, -0.15) is 0 Å². The molecule has 1 aromatic carbocycles. The number of hydrogen-bond acceptors (Lipinski definition) is 4. The molecule has 0 bridgehead atoms. The molecule has 0 unspecified atom stereocenters. The number of hydrogen-bond donors (Lipinski definition) is 2. The molecule has 2 N–H and O–H groups in total. The summed E-state index contributed by atoms with van der Waals surface area (Å²) in [7, 11) is 1.68. The van der Waals surface area contributed by atoms with Crippen molar-refractivity contribution >= 4 is 17.0 Å². The second kappa shape index (κ2) is 4.86. The zero-order valence-corrected chi connectivity index (χ0v) is 10.6. The predicted octanol–water partition coefficient (Wildman–Crippen LogP) is 1.37. The highest BCUT2D eigenvalue weighted by atomic mass is 16.5. The molecule has 0 atom stereocenters. The molecule has 96 valence electrons. The molecule has 5 heteroatoms. The van der Waals surface area contributed by atoms with E-state index in [2.05, 4.69) is 20.2 Å². The number of fused-ring (bicyclic) bond motifs is 1. The van der Waals surface area contributed by atoms with Gasteiger partial charge < -0.3 is 19.9 Å². The van der Waals surface area contributed by atoms with E-state index in [9.17, 15) is 0 Å². The monoisotopic (exact) mass is 246 g/mol.